The van der Waals surface area contributed by atoms with Gasteiger partial charge >= 0.3 is 0 Å². The molecule has 0 aliphatic rings. The number of thioether (sulfide) groups is 1. The van der Waals surface area contributed by atoms with Crippen LogP contribution < -0.4 is 5.32 Å². The van der Waals surface area contributed by atoms with Gasteiger partial charge in [-0.25, -0.2) is 0 Å². The highest BCUT2D eigenvalue weighted by atomic mass is 32.2. The Balaban J connectivity index is 1.88. The first-order valence-corrected chi connectivity index (χ1v) is 9.88. The van der Waals surface area contributed by atoms with Crippen molar-refractivity contribution >= 4 is 17.7 Å². The number of carbonyl (C=O) groups is 1. The van der Waals surface area contributed by atoms with Gasteiger partial charge in [0.1, 0.15) is 0 Å². The van der Waals surface area contributed by atoms with Gasteiger partial charge in [0.15, 0.2) is 0 Å². The third kappa shape index (κ3) is 6.92. The van der Waals surface area contributed by atoms with E-state index >= 15 is 0 Å². The number of carbonyl (C=O) groups excluding carboxylic acids is 1. The van der Waals surface area contributed by atoms with E-state index in [1.807, 2.05) is 68.1 Å². The van der Waals surface area contributed by atoms with Crippen molar-refractivity contribution in [1.29, 1.82) is 0 Å². The van der Waals surface area contributed by atoms with E-state index in [1.54, 1.807) is 0 Å². The zero-order chi connectivity index (χ0) is 18.1. The maximum atomic E-state index is 12.3. The molecule has 2 aromatic carbocycles. The topological polar surface area (TPSA) is 38.3 Å². The number of ether oxygens (including phenoxy) is 1. The van der Waals surface area contributed by atoms with Crippen molar-refractivity contribution in [3.63, 3.8) is 0 Å². The quantitative estimate of drug-likeness (QED) is 0.701. The molecule has 4 heteroatoms. The largest absolute Gasteiger partial charge is 0.374 e. The van der Waals surface area contributed by atoms with Crippen LogP contribution in [-0.4, -0.2) is 17.8 Å². The van der Waals surface area contributed by atoms with Crippen LogP contribution in [0.1, 0.15) is 47.8 Å². The standard InChI is InChI=1S/C21H27NO2S/c1-4-25-15-17-8-10-20(11-9-17)21(23)22-13-18-6-5-7-19(12-18)14-24-16(2)3/h5-12,16H,4,13-15H2,1-3H3,(H,22,23). The van der Waals surface area contributed by atoms with Crippen LogP contribution in [0.4, 0.5) is 0 Å². The van der Waals surface area contributed by atoms with E-state index in [1.165, 1.54) is 5.56 Å². The van der Waals surface area contributed by atoms with E-state index in [9.17, 15) is 4.79 Å². The maximum absolute atomic E-state index is 12.3. The molecule has 0 spiro atoms. The van der Waals surface area contributed by atoms with Gasteiger partial charge in [-0.05, 0) is 48.4 Å². The summed E-state index contributed by atoms with van der Waals surface area (Å²) in [5.74, 6) is 2.05. The SMILES string of the molecule is CCSCc1ccc(C(=O)NCc2cccc(COC(C)C)c2)cc1. The summed E-state index contributed by atoms with van der Waals surface area (Å²) in [5.41, 5.74) is 4.15. The molecule has 0 fully saturated rings. The van der Waals surface area contributed by atoms with Gasteiger partial charge < -0.3 is 10.1 Å². The first-order chi connectivity index (χ1) is 12.1. The number of hydrogen-bond acceptors (Lipinski definition) is 3. The molecule has 0 aromatic heterocycles. The highest BCUT2D eigenvalue weighted by Crippen LogP contribution is 2.13. The number of nitrogens with one attached hydrogen (secondary N) is 1. The van der Waals surface area contributed by atoms with Crippen LogP contribution in [0.3, 0.4) is 0 Å². The molecule has 0 radical (unpaired) electrons. The van der Waals surface area contributed by atoms with Crippen molar-refractivity contribution in [2.45, 2.75) is 45.8 Å². The molecule has 0 saturated carbocycles. The third-order valence-electron chi connectivity index (χ3n) is 3.72. The van der Waals surface area contributed by atoms with E-state index < -0.39 is 0 Å². The Hall–Kier alpha value is -1.78. The van der Waals surface area contributed by atoms with Gasteiger partial charge in [0.25, 0.3) is 5.91 Å². The zero-order valence-electron chi connectivity index (χ0n) is 15.2. The van der Waals surface area contributed by atoms with E-state index in [0.29, 0.717) is 18.7 Å². The summed E-state index contributed by atoms with van der Waals surface area (Å²) < 4.78 is 5.63. The van der Waals surface area contributed by atoms with Crippen molar-refractivity contribution in [3.8, 4) is 0 Å². The summed E-state index contributed by atoms with van der Waals surface area (Å²) in [6.45, 7) is 7.31. The Morgan fingerprint density at radius 1 is 1.08 bits per heavy atom. The van der Waals surface area contributed by atoms with Gasteiger partial charge in [-0.3, -0.25) is 4.79 Å². The minimum atomic E-state index is -0.0430. The molecule has 25 heavy (non-hydrogen) atoms. The second kappa shape index (κ2) is 10.3. The van der Waals surface area contributed by atoms with Gasteiger partial charge in [0, 0.05) is 17.9 Å². The van der Waals surface area contributed by atoms with Crippen molar-refractivity contribution in [1.82, 2.24) is 5.32 Å². The fraction of sp³-hybridized carbons (Fsp3) is 0.381. The van der Waals surface area contributed by atoms with Crippen molar-refractivity contribution in [2.75, 3.05) is 5.75 Å². The van der Waals surface area contributed by atoms with Crippen LogP contribution in [0.25, 0.3) is 0 Å². The highest BCUT2D eigenvalue weighted by Gasteiger charge is 2.06. The summed E-state index contributed by atoms with van der Waals surface area (Å²) in [6.07, 6.45) is 0.210. The van der Waals surface area contributed by atoms with E-state index in [-0.39, 0.29) is 12.0 Å². The molecule has 0 unspecified atom stereocenters. The van der Waals surface area contributed by atoms with Gasteiger partial charge in [-0.1, -0.05) is 43.3 Å². The fourth-order valence-electron chi connectivity index (χ4n) is 2.35. The van der Waals surface area contributed by atoms with Gasteiger partial charge in [0.2, 0.25) is 0 Å². The third-order valence-corrected chi connectivity index (χ3v) is 4.66. The van der Waals surface area contributed by atoms with Gasteiger partial charge in [-0.2, -0.15) is 11.8 Å². The first-order valence-electron chi connectivity index (χ1n) is 8.72. The lowest BCUT2D eigenvalue weighted by molar-refractivity contribution is 0.0657. The van der Waals surface area contributed by atoms with Crippen molar-refractivity contribution < 1.29 is 9.53 Å². The van der Waals surface area contributed by atoms with Crippen LogP contribution >= 0.6 is 11.8 Å². The van der Waals surface area contributed by atoms with Crippen LogP contribution in [0.2, 0.25) is 0 Å². The summed E-state index contributed by atoms with van der Waals surface area (Å²) in [5, 5.41) is 2.99. The average Bonchev–Trinajstić information content (AvgIpc) is 2.63. The van der Waals surface area contributed by atoms with Crippen LogP contribution in [0.15, 0.2) is 48.5 Å². The number of hydrogen-bond donors (Lipinski definition) is 1. The van der Waals surface area contributed by atoms with E-state index in [4.69, 9.17) is 4.74 Å². The molecule has 0 aliphatic carbocycles. The molecular formula is C21H27NO2S. The Morgan fingerprint density at radius 3 is 2.48 bits per heavy atom. The molecule has 2 aromatic rings. The molecule has 3 nitrogen and oxygen atoms in total. The second-order valence-corrected chi connectivity index (χ2v) is 7.47. The minimum Gasteiger partial charge on any atom is -0.374 e. The predicted molar refractivity (Wildman–Crippen MR) is 106 cm³/mol. The average molecular weight is 358 g/mol. The van der Waals surface area contributed by atoms with Crippen LogP contribution in [-0.2, 0) is 23.6 Å². The van der Waals surface area contributed by atoms with Gasteiger partial charge in [0.05, 0.1) is 12.7 Å². The monoisotopic (exact) mass is 357 g/mol. The van der Waals surface area contributed by atoms with Gasteiger partial charge in [-0.15, -0.1) is 0 Å². The molecule has 0 saturated heterocycles. The molecule has 1 amide bonds. The molecule has 0 bridgehead atoms. The first kappa shape index (κ1) is 19.5. The lowest BCUT2D eigenvalue weighted by Gasteiger charge is -2.10. The minimum absolute atomic E-state index is 0.0430. The molecule has 0 atom stereocenters. The molecule has 0 aliphatic heterocycles. The second-order valence-electron chi connectivity index (χ2n) is 6.20. The number of amides is 1. The smallest absolute Gasteiger partial charge is 0.251 e. The predicted octanol–water partition coefficient (Wildman–Crippen LogP) is 4.79. The molecule has 0 heterocycles. The summed E-state index contributed by atoms with van der Waals surface area (Å²) >= 11 is 1.88. The summed E-state index contributed by atoms with van der Waals surface area (Å²) in [6, 6.07) is 16.0. The Labute approximate surface area is 155 Å². The van der Waals surface area contributed by atoms with Crippen LogP contribution in [0.5, 0.6) is 0 Å². The van der Waals surface area contributed by atoms with Crippen molar-refractivity contribution in [3.05, 3.63) is 70.8 Å². The van der Waals surface area contributed by atoms with Crippen LogP contribution in [0, 0.1) is 0 Å². The number of rotatable bonds is 9. The lowest BCUT2D eigenvalue weighted by Crippen LogP contribution is -2.22. The summed E-state index contributed by atoms with van der Waals surface area (Å²) in [4.78, 5) is 12.3. The normalized spacial score (nSPS) is 10.9. The molecule has 134 valence electrons. The fourth-order valence-corrected chi connectivity index (χ4v) is 2.98. The maximum Gasteiger partial charge on any atom is 0.251 e. The Bertz CT molecular complexity index is 668. The molecular weight excluding hydrogens is 330 g/mol. The summed E-state index contributed by atoms with van der Waals surface area (Å²) in [7, 11) is 0. The van der Waals surface area contributed by atoms with E-state index in [0.717, 1.165) is 22.6 Å². The Morgan fingerprint density at radius 2 is 1.80 bits per heavy atom. The zero-order valence-corrected chi connectivity index (χ0v) is 16.1. The van der Waals surface area contributed by atoms with E-state index in [2.05, 4.69) is 18.3 Å². The Kier molecular flexibility index (Phi) is 8.02. The molecule has 1 N–H and O–H groups in total. The highest BCUT2D eigenvalue weighted by molar-refractivity contribution is 7.98. The lowest BCUT2D eigenvalue weighted by atomic mass is 10.1. The molecule has 2 rings (SSSR count). The number of benzene rings is 2. The van der Waals surface area contributed by atoms with Crippen molar-refractivity contribution in [2.24, 2.45) is 0 Å².